The van der Waals surface area contributed by atoms with Gasteiger partial charge in [0.15, 0.2) is 5.13 Å². The van der Waals surface area contributed by atoms with Gasteiger partial charge in [0.25, 0.3) is 0 Å². The van der Waals surface area contributed by atoms with E-state index in [1.54, 1.807) is 0 Å². The molecule has 1 aromatic rings. The van der Waals surface area contributed by atoms with Crippen molar-refractivity contribution in [1.82, 2.24) is 10.3 Å². The van der Waals surface area contributed by atoms with Gasteiger partial charge in [0.05, 0.1) is 0 Å². The second kappa shape index (κ2) is 7.10. The molecule has 118 valence electrons. The first kappa shape index (κ1) is 15.3. The molecule has 1 saturated heterocycles. The number of rotatable bonds is 5. The van der Waals surface area contributed by atoms with Crippen molar-refractivity contribution in [3.8, 4) is 0 Å². The summed E-state index contributed by atoms with van der Waals surface area (Å²) >= 11 is 1.88. The Labute approximate surface area is 133 Å². The van der Waals surface area contributed by atoms with E-state index >= 15 is 0 Å². The van der Waals surface area contributed by atoms with Crippen LogP contribution >= 0.6 is 11.3 Å². The van der Waals surface area contributed by atoms with Gasteiger partial charge in [0, 0.05) is 30.7 Å². The predicted molar refractivity (Wildman–Crippen MR) is 90.9 cm³/mol. The first-order chi connectivity index (χ1) is 10.2. The normalized spacial score (nSPS) is 26.1. The van der Waals surface area contributed by atoms with E-state index in [2.05, 4.69) is 35.2 Å². The Hall–Kier alpha value is -0.610. The van der Waals surface area contributed by atoms with Crippen LogP contribution in [0.5, 0.6) is 0 Å². The molecule has 0 spiro atoms. The molecule has 3 nitrogen and oxygen atoms in total. The van der Waals surface area contributed by atoms with Crippen molar-refractivity contribution in [1.29, 1.82) is 0 Å². The number of fused-ring (bicyclic) bond motifs is 1. The Morgan fingerprint density at radius 2 is 2.10 bits per heavy atom. The third kappa shape index (κ3) is 3.98. The summed E-state index contributed by atoms with van der Waals surface area (Å²) in [5.41, 5.74) is 0. The van der Waals surface area contributed by atoms with Crippen molar-refractivity contribution in [3.63, 3.8) is 0 Å². The van der Waals surface area contributed by atoms with Crippen molar-refractivity contribution in [2.24, 2.45) is 17.8 Å². The summed E-state index contributed by atoms with van der Waals surface area (Å²) in [5.74, 6) is 2.64. The van der Waals surface area contributed by atoms with Crippen molar-refractivity contribution < 1.29 is 0 Å². The summed E-state index contributed by atoms with van der Waals surface area (Å²) in [6.07, 6.45) is 9.27. The lowest BCUT2D eigenvalue weighted by molar-refractivity contribution is 0.202. The molecule has 3 rings (SSSR count). The van der Waals surface area contributed by atoms with Gasteiger partial charge in [-0.2, -0.15) is 0 Å². The Morgan fingerprint density at radius 1 is 1.29 bits per heavy atom. The van der Waals surface area contributed by atoms with Gasteiger partial charge in [-0.25, -0.2) is 4.98 Å². The van der Waals surface area contributed by atoms with Crippen LogP contribution in [0.25, 0.3) is 0 Å². The standard InChI is InChI=1S/C17H29N3S/c1-13(2)9-18-10-16-11-19-17(21-16)20-8-7-14-5-3-4-6-15(14)12-20/h11,13-15,18H,3-10,12H2,1-2H3. The highest BCUT2D eigenvalue weighted by Crippen LogP contribution is 2.38. The van der Waals surface area contributed by atoms with Gasteiger partial charge in [-0.05, 0) is 37.1 Å². The zero-order chi connectivity index (χ0) is 14.7. The molecule has 2 aliphatic rings. The third-order valence-electron chi connectivity index (χ3n) is 4.95. The quantitative estimate of drug-likeness (QED) is 0.894. The maximum Gasteiger partial charge on any atom is 0.185 e. The molecule has 2 atom stereocenters. The molecular formula is C17H29N3S. The van der Waals surface area contributed by atoms with Crippen LogP contribution in [0.1, 0.15) is 50.8 Å². The van der Waals surface area contributed by atoms with Gasteiger partial charge < -0.3 is 10.2 Å². The van der Waals surface area contributed by atoms with Crippen LogP contribution in [0.4, 0.5) is 5.13 Å². The monoisotopic (exact) mass is 307 g/mol. The van der Waals surface area contributed by atoms with Gasteiger partial charge >= 0.3 is 0 Å². The molecule has 1 aromatic heterocycles. The highest BCUT2D eigenvalue weighted by molar-refractivity contribution is 7.15. The Bertz CT molecular complexity index is 443. The minimum Gasteiger partial charge on any atom is -0.348 e. The lowest BCUT2D eigenvalue weighted by Gasteiger charge is -2.41. The number of hydrogen-bond donors (Lipinski definition) is 1. The van der Waals surface area contributed by atoms with Gasteiger partial charge in [-0.15, -0.1) is 11.3 Å². The number of anilines is 1. The molecule has 2 unspecified atom stereocenters. The molecule has 1 aliphatic heterocycles. The second-order valence-electron chi connectivity index (χ2n) is 7.17. The number of piperidine rings is 1. The van der Waals surface area contributed by atoms with Crippen LogP contribution in [0, 0.1) is 17.8 Å². The highest BCUT2D eigenvalue weighted by atomic mass is 32.1. The summed E-state index contributed by atoms with van der Waals surface area (Å²) in [7, 11) is 0. The lowest BCUT2D eigenvalue weighted by atomic mass is 9.75. The Morgan fingerprint density at radius 3 is 2.90 bits per heavy atom. The molecule has 0 radical (unpaired) electrons. The average Bonchev–Trinajstić information content (AvgIpc) is 2.95. The summed E-state index contributed by atoms with van der Waals surface area (Å²) < 4.78 is 0. The third-order valence-corrected chi connectivity index (χ3v) is 6.01. The van der Waals surface area contributed by atoms with Gasteiger partial charge in [-0.1, -0.05) is 33.1 Å². The van der Waals surface area contributed by atoms with E-state index in [9.17, 15) is 0 Å². The van der Waals surface area contributed by atoms with E-state index in [0.717, 1.165) is 24.9 Å². The van der Waals surface area contributed by atoms with Crippen LogP contribution < -0.4 is 10.2 Å². The smallest absolute Gasteiger partial charge is 0.185 e. The van der Waals surface area contributed by atoms with Gasteiger partial charge in [-0.3, -0.25) is 0 Å². The van der Waals surface area contributed by atoms with Crippen LogP contribution in [0.15, 0.2) is 6.20 Å². The van der Waals surface area contributed by atoms with Crippen LogP contribution in [0.3, 0.4) is 0 Å². The molecule has 4 heteroatoms. The Kier molecular flexibility index (Phi) is 5.17. The highest BCUT2D eigenvalue weighted by Gasteiger charge is 2.31. The molecule has 0 aromatic carbocycles. The SMILES string of the molecule is CC(C)CNCc1cnc(N2CCC3CCCCC3C2)s1. The first-order valence-corrected chi connectivity index (χ1v) is 9.44. The predicted octanol–water partition coefficient (Wildman–Crippen LogP) is 3.91. The molecule has 1 aliphatic carbocycles. The van der Waals surface area contributed by atoms with Crippen molar-refractivity contribution in [2.75, 3.05) is 24.5 Å². The number of aromatic nitrogens is 1. The van der Waals surface area contributed by atoms with E-state index < -0.39 is 0 Å². The second-order valence-corrected chi connectivity index (χ2v) is 8.27. The molecule has 1 N–H and O–H groups in total. The van der Waals surface area contributed by atoms with Crippen LogP contribution in [-0.4, -0.2) is 24.6 Å². The summed E-state index contributed by atoms with van der Waals surface area (Å²) in [5, 5.41) is 4.76. The topological polar surface area (TPSA) is 28.2 Å². The number of nitrogens with one attached hydrogen (secondary N) is 1. The summed E-state index contributed by atoms with van der Waals surface area (Å²) in [6, 6.07) is 0. The van der Waals surface area contributed by atoms with Gasteiger partial charge in [0.2, 0.25) is 0 Å². The number of hydrogen-bond acceptors (Lipinski definition) is 4. The average molecular weight is 308 g/mol. The van der Waals surface area contributed by atoms with E-state index in [0.29, 0.717) is 5.92 Å². The number of thiazole rings is 1. The van der Waals surface area contributed by atoms with E-state index in [1.165, 1.54) is 55.2 Å². The fraction of sp³-hybridized carbons (Fsp3) is 0.824. The molecule has 2 heterocycles. The maximum atomic E-state index is 4.68. The van der Waals surface area contributed by atoms with Crippen molar-refractivity contribution in [2.45, 2.75) is 52.5 Å². The van der Waals surface area contributed by atoms with E-state index in [-0.39, 0.29) is 0 Å². The summed E-state index contributed by atoms with van der Waals surface area (Å²) in [6.45, 7) is 9.01. The zero-order valence-corrected chi connectivity index (χ0v) is 14.3. The maximum absolute atomic E-state index is 4.68. The van der Waals surface area contributed by atoms with Crippen molar-refractivity contribution >= 4 is 16.5 Å². The van der Waals surface area contributed by atoms with Crippen molar-refractivity contribution in [3.05, 3.63) is 11.1 Å². The fourth-order valence-electron chi connectivity index (χ4n) is 3.78. The first-order valence-electron chi connectivity index (χ1n) is 8.62. The molecule has 0 bridgehead atoms. The van der Waals surface area contributed by atoms with E-state index in [4.69, 9.17) is 0 Å². The lowest BCUT2D eigenvalue weighted by Crippen LogP contribution is -2.41. The Balaban J connectivity index is 1.53. The summed E-state index contributed by atoms with van der Waals surface area (Å²) in [4.78, 5) is 8.60. The van der Waals surface area contributed by atoms with Crippen LogP contribution in [0.2, 0.25) is 0 Å². The van der Waals surface area contributed by atoms with Gasteiger partial charge in [0.1, 0.15) is 0 Å². The molecule has 0 amide bonds. The molecule has 2 fully saturated rings. The molecule has 1 saturated carbocycles. The largest absolute Gasteiger partial charge is 0.348 e. The minimum atomic E-state index is 0.711. The molecular weight excluding hydrogens is 278 g/mol. The van der Waals surface area contributed by atoms with E-state index in [1.807, 2.05) is 11.3 Å². The minimum absolute atomic E-state index is 0.711. The van der Waals surface area contributed by atoms with Crippen LogP contribution in [-0.2, 0) is 6.54 Å². The zero-order valence-electron chi connectivity index (χ0n) is 13.5. The number of nitrogens with zero attached hydrogens (tertiary/aromatic N) is 2. The molecule has 21 heavy (non-hydrogen) atoms. The fourth-order valence-corrected chi connectivity index (χ4v) is 4.70.